The Morgan fingerprint density at radius 2 is 2.04 bits per heavy atom. The second-order valence-electron chi connectivity index (χ2n) is 6.91. The molecule has 3 atom stereocenters. The van der Waals surface area contributed by atoms with E-state index in [1.807, 2.05) is 13.8 Å². The first-order valence-corrected chi connectivity index (χ1v) is 9.35. The van der Waals surface area contributed by atoms with Crippen LogP contribution in [-0.2, 0) is 0 Å². The fraction of sp³-hybridized carbons (Fsp3) is 0.421. The standard InChI is InChI=1S/C19H20BrF3N2O2/c1-10(5-11(2)24)9-26-17-7-16-13(6-15(17)20)12-3-4-25-8-14(12)18(27-16)19(21,22)23/h3-4,6-8,10-11,18H,5,9,24H2,1-2H3/t10?,11-,18?/m0/s1. The Balaban J connectivity index is 1.93. The molecule has 0 saturated carbocycles. The summed E-state index contributed by atoms with van der Waals surface area (Å²) in [6, 6.07) is 4.83. The predicted octanol–water partition coefficient (Wildman–Crippen LogP) is 5.26. The Labute approximate surface area is 164 Å². The molecule has 0 fully saturated rings. The smallest absolute Gasteiger partial charge is 0.429 e. The quantitative estimate of drug-likeness (QED) is 0.683. The Hall–Kier alpha value is -1.80. The van der Waals surface area contributed by atoms with Crippen molar-refractivity contribution in [3.8, 4) is 22.6 Å². The number of fused-ring (bicyclic) bond motifs is 3. The Morgan fingerprint density at radius 3 is 2.70 bits per heavy atom. The van der Waals surface area contributed by atoms with Gasteiger partial charge in [0, 0.05) is 35.6 Å². The van der Waals surface area contributed by atoms with Crippen molar-refractivity contribution in [2.75, 3.05) is 6.61 Å². The second-order valence-corrected chi connectivity index (χ2v) is 7.76. The highest BCUT2D eigenvalue weighted by atomic mass is 79.9. The van der Waals surface area contributed by atoms with Crippen molar-refractivity contribution in [3.63, 3.8) is 0 Å². The van der Waals surface area contributed by atoms with Crippen LogP contribution in [0.1, 0.15) is 31.9 Å². The van der Waals surface area contributed by atoms with Gasteiger partial charge < -0.3 is 15.2 Å². The molecule has 1 aromatic carbocycles. The highest BCUT2D eigenvalue weighted by Crippen LogP contribution is 2.50. The lowest BCUT2D eigenvalue weighted by Crippen LogP contribution is -2.29. The fourth-order valence-corrected chi connectivity index (χ4v) is 3.64. The average Bonchev–Trinajstić information content (AvgIpc) is 2.58. The average molecular weight is 445 g/mol. The molecule has 1 aromatic heterocycles. The van der Waals surface area contributed by atoms with Gasteiger partial charge in [0.05, 0.1) is 11.1 Å². The van der Waals surface area contributed by atoms with E-state index in [1.165, 1.54) is 18.5 Å². The zero-order valence-electron chi connectivity index (χ0n) is 14.9. The number of pyridine rings is 1. The van der Waals surface area contributed by atoms with Crippen LogP contribution >= 0.6 is 15.9 Å². The van der Waals surface area contributed by atoms with Crippen molar-refractivity contribution in [3.05, 3.63) is 40.6 Å². The zero-order chi connectivity index (χ0) is 19.8. The van der Waals surface area contributed by atoms with E-state index < -0.39 is 12.3 Å². The van der Waals surface area contributed by atoms with Gasteiger partial charge in [-0.05, 0) is 52.9 Å². The molecule has 146 valence electrons. The molecule has 0 spiro atoms. The molecule has 2 unspecified atom stereocenters. The van der Waals surface area contributed by atoms with E-state index in [0.717, 1.165) is 6.42 Å². The Morgan fingerprint density at radius 1 is 1.30 bits per heavy atom. The van der Waals surface area contributed by atoms with Gasteiger partial charge in [-0.15, -0.1) is 0 Å². The van der Waals surface area contributed by atoms with E-state index in [9.17, 15) is 13.2 Å². The van der Waals surface area contributed by atoms with E-state index >= 15 is 0 Å². The van der Waals surface area contributed by atoms with Crippen molar-refractivity contribution in [1.82, 2.24) is 4.98 Å². The molecule has 1 aliphatic rings. The monoisotopic (exact) mass is 444 g/mol. The van der Waals surface area contributed by atoms with Crippen molar-refractivity contribution in [2.45, 2.75) is 38.6 Å². The highest BCUT2D eigenvalue weighted by molar-refractivity contribution is 9.10. The summed E-state index contributed by atoms with van der Waals surface area (Å²) in [4.78, 5) is 3.82. The maximum Gasteiger partial charge on any atom is 0.429 e. The molecule has 4 nitrogen and oxygen atoms in total. The number of ether oxygens (including phenoxy) is 2. The van der Waals surface area contributed by atoms with E-state index in [0.29, 0.717) is 28.0 Å². The Kier molecular flexibility index (Phi) is 5.67. The number of nitrogens with two attached hydrogens (primary N) is 1. The van der Waals surface area contributed by atoms with Gasteiger partial charge in [0.2, 0.25) is 6.10 Å². The number of halogens is 4. The van der Waals surface area contributed by atoms with Gasteiger partial charge >= 0.3 is 6.18 Å². The maximum absolute atomic E-state index is 13.5. The number of alkyl halides is 3. The van der Waals surface area contributed by atoms with Crippen LogP contribution in [0.15, 0.2) is 35.1 Å². The number of aromatic nitrogens is 1. The molecule has 0 bridgehead atoms. The largest absolute Gasteiger partial charge is 0.492 e. The molecule has 2 heterocycles. The lowest BCUT2D eigenvalue weighted by molar-refractivity contribution is -0.198. The summed E-state index contributed by atoms with van der Waals surface area (Å²) in [5.74, 6) is 0.779. The minimum Gasteiger partial charge on any atom is -0.492 e. The van der Waals surface area contributed by atoms with Crippen molar-refractivity contribution >= 4 is 15.9 Å². The summed E-state index contributed by atoms with van der Waals surface area (Å²) < 4.78 is 52.1. The van der Waals surface area contributed by atoms with Gasteiger partial charge in [0.1, 0.15) is 11.5 Å². The molecule has 0 amide bonds. The number of benzene rings is 1. The first kappa shape index (κ1) is 19.9. The van der Waals surface area contributed by atoms with Crippen LogP contribution in [0.4, 0.5) is 13.2 Å². The highest BCUT2D eigenvalue weighted by Gasteiger charge is 2.46. The lowest BCUT2D eigenvalue weighted by atomic mass is 9.94. The SMILES string of the molecule is CC(COc1cc2c(cc1Br)-c1ccncc1C(C(F)(F)F)O2)C[C@H](C)N. The van der Waals surface area contributed by atoms with E-state index in [4.69, 9.17) is 15.2 Å². The van der Waals surface area contributed by atoms with E-state index in [1.54, 1.807) is 12.1 Å². The van der Waals surface area contributed by atoms with Gasteiger partial charge in [-0.1, -0.05) is 6.92 Å². The molecular formula is C19H20BrF3N2O2. The molecule has 3 rings (SSSR count). The van der Waals surface area contributed by atoms with Gasteiger partial charge in [-0.2, -0.15) is 13.2 Å². The predicted molar refractivity (Wildman–Crippen MR) is 99.7 cm³/mol. The summed E-state index contributed by atoms with van der Waals surface area (Å²) >= 11 is 3.44. The first-order valence-electron chi connectivity index (χ1n) is 8.56. The topological polar surface area (TPSA) is 57.4 Å². The van der Waals surface area contributed by atoms with Crippen LogP contribution in [-0.4, -0.2) is 23.8 Å². The molecule has 0 aliphatic carbocycles. The molecule has 2 aromatic rings. The molecule has 2 N–H and O–H groups in total. The van der Waals surface area contributed by atoms with Crippen LogP contribution in [0.25, 0.3) is 11.1 Å². The third-order valence-corrected chi connectivity index (χ3v) is 4.92. The maximum atomic E-state index is 13.5. The molecule has 0 radical (unpaired) electrons. The lowest BCUT2D eigenvalue weighted by Gasteiger charge is -2.30. The fourth-order valence-electron chi connectivity index (χ4n) is 3.18. The summed E-state index contributed by atoms with van der Waals surface area (Å²) in [5, 5.41) is 0. The first-order chi connectivity index (χ1) is 12.7. The number of rotatable bonds is 5. The van der Waals surface area contributed by atoms with E-state index in [2.05, 4.69) is 20.9 Å². The van der Waals surface area contributed by atoms with Gasteiger partial charge in [-0.25, -0.2) is 0 Å². The Bertz CT molecular complexity index is 827. The molecule has 1 aliphatic heterocycles. The molecule has 8 heteroatoms. The van der Waals surface area contributed by atoms with Gasteiger partial charge in [-0.3, -0.25) is 4.98 Å². The summed E-state index contributed by atoms with van der Waals surface area (Å²) in [6.45, 7) is 4.33. The van der Waals surface area contributed by atoms with Crippen LogP contribution < -0.4 is 15.2 Å². The van der Waals surface area contributed by atoms with Crippen LogP contribution in [0.5, 0.6) is 11.5 Å². The second kappa shape index (κ2) is 7.67. The van der Waals surface area contributed by atoms with Gasteiger partial charge in [0.25, 0.3) is 0 Å². The molecular weight excluding hydrogens is 425 g/mol. The minimum atomic E-state index is -4.55. The summed E-state index contributed by atoms with van der Waals surface area (Å²) in [7, 11) is 0. The van der Waals surface area contributed by atoms with Crippen LogP contribution in [0.3, 0.4) is 0 Å². The van der Waals surface area contributed by atoms with Crippen molar-refractivity contribution in [1.29, 1.82) is 0 Å². The summed E-state index contributed by atoms with van der Waals surface area (Å²) in [6.07, 6.45) is -3.15. The van der Waals surface area contributed by atoms with Crippen LogP contribution in [0, 0.1) is 5.92 Å². The number of nitrogens with zero attached hydrogens (tertiary/aromatic N) is 1. The third kappa shape index (κ3) is 4.38. The molecule has 0 saturated heterocycles. The van der Waals surface area contributed by atoms with Crippen LogP contribution in [0.2, 0.25) is 0 Å². The van der Waals surface area contributed by atoms with E-state index in [-0.39, 0.29) is 23.3 Å². The zero-order valence-corrected chi connectivity index (χ0v) is 16.5. The third-order valence-electron chi connectivity index (χ3n) is 4.30. The molecule has 27 heavy (non-hydrogen) atoms. The minimum absolute atomic E-state index is 0.00336. The van der Waals surface area contributed by atoms with Gasteiger partial charge in [0.15, 0.2) is 0 Å². The van der Waals surface area contributed by atoms with Crippen molar-refractivity contribution < 1.29 is 22.6 Å². The number of hydrogen-bond donors (Lipinski definition) is 1. The summed E-state index contributed by atoms with van der Waals surface area (Å²) in [5.41, 5.74) is 6.81. The normalized spacial score (nSPS) is 18.1. The van der Waals surface area contributed by atoms with Crippen molar-refractivity contribution in [2.24, 2.45) is 11.7 Å². The number of hydrogen-bond acceptors (Lipinski definition) is 4.